The first kappa shape index (κ1) is 16.6. The van der Waals surface area contributed by atoms with Crippen LogP contribution in [0.5, 0.6) is 0 Å². The Kier molecular flexibility index (Phi) is 6.32. The molecular formula is C14H23NO5S. The van der Waals surface area contributed by atoms with E-state index < -0.39 is 11.5 Å². The molecule has 0 aromatic heterocycles. The molecule has 2 aliphatic rings. The van der Waals surface area contributed by atoms with Gasteiger partial charge in [-0.1, -0.05) is 0 Å². The summed E-state index contributed by atoms with van der Waals surface area (Å²) in [6.45, 7) is 1.74. The number of hydrogen-bond donors (Lipinski definition) is 2. The summed E-state index contributed by atoms with van der Waals surface area (Å²) >= 11 is 1.73. The lowest BCUT2D eigenvalue weighted by Crippen LogP contribution is -2.56. The van der Waals surface area contributed by atoms with Gasteiger partial charge in [-0.3, -0.25) is 4.79 Å². The molecule has 21 heavy (non-hydrogen) atoms. The minimum Gasteiger partial charge on any atom is -0.480 e. The Morgan fingerprint density at radius 3 is 2.57 bits per heavy atom. The topological polar surface area (TPSA) is 84.9 Å². The Balaban J connectivity index is 1.73. The van der Waals surface area contributed by atoms with Gasteiger partial charge in [-0.15, -0.1) is 0 Å². The molecule has 0 aromatic rings. The van der Waals surface area contributed by atoms with Crippen molar-refractivity contribution in [3.05, 3.63) is 0 Å². The molecule has 0 atom stereocenters. The summed E-state index contributed by atoms with van der Waals surface area (Å²) in [5.74, 6) is 0.369. The second-order valence-corrected chi connectivity index (χ2v) is 6.71. The molecule has 0 aromatic carbocycles. The number of ether oxygens (including phenoxy) is 2. The van der Waals surface area contributed by atoms with Crippen LogP contribution in [-0.4, -0.2) is 60.0 Å². The fourth-order valence-electron chi connectivity index (χ4n) is 2.60. The Labute approximate surface area is 128 Å². The van der Waals surface area contributed by atoms with Gasteiger partial charge in [-0.2, -0.15) is 11.8 Å². The van der Waals surface area contributed by atoms with E-state index in [1.54, 1.807) is 11.8 Å². The van der Waals surface area contributed by atoms with Crippen LogP contribution >= 0.6 is 11.8 Å². The lowest BCUT2D eigenvalue weighted by molar-refractivity contribution is -0.148. The van der Waals surface area contributed by atoms with Crippen molar-refractivity contribution in [2.45, 2.75) is 43.7 Å². The van der Waals surface area contributed by atoms with E-state index in [0.29, 0.717) is 32.7 Å². The number of aliphatic carboxylic acids is 1. The van der Waals surface area contributed by atoms with E-state index >= 15 is 0 Å². The highest BCUT2D eigenvalue weighted by Crippen LogP contribution is 2.27. The maximum absolute atomic E-state index is 12.0. The summed E-state index contributed by atoms with van der Waals surface area (Å²) in [7, 11) is 0. The van der Waals surface area contributed by atoms with Crippen molar-refractivity contribution in [2.75, 3.05) is 31.3 Å². The minimum atomic E-state index is -1.08. The van der Waals surface area contributed by atoms with E-state index in [2.05, 4.69) is 5.32 Å². The first-order valence-electron chi connectivity index (χ1n) is 7.44. The highest BCUT2D eigenvalue weighted by Gasteiger charge is 2.41. The fourth-order valence-corrected chi connectivity index (χ4v) is 3.79. The molecule has 6 nitrogen and oxygen atoms in total. The molecule has 2 N–H and O–H groups in total. The summed E-state index contributed by atoms with van der Waals surface area (Å²) in [5, 5.41) is 12.1. The van der Waals surface area contributed by atoms with Gasteiger partial charge in [0.1, 0.15) is 5.54 Å². The van der Waals surface area contributed by atoms with Crippen LogP contribution in [0.3, 0.4) is 0 Å². The van der Waals surface area contributed by atoms with Gasteiger partial charge >= 0.3 is 5.97 Å². The van der Waals surface area contributed by atoms with Crippen LogP contribution in [0, 0.1) is 0 Å². The average Bonchev–Trinajstić information content (AvgIpc) is 2.49. The van der Waals surface area contributed by atoms with Gasteiger partial charge in [0.15, 0.2) is 0 Å². The van der Waals surface area contributed by atoms with Crippen LogP contribution < -0.4 is 5.32 Å². The van der Waals surface area contributed by atoms with Crippen LogP contribution in [0.25, 0.3) is 0 Å². The van der Waals surface area contributed by atoms with Crippen molar-refractivity contribution < 1.29 is 24.2 Å². The summed E-state index contributed by atoms with van der Waals surface area (Å²) in [6, 6.07) is 0. The number of carboxylic acid groups (broad SMARTS) is 1. The minimum absolute atomic E-state index is 0.158. The van der Waals surface area contributed by atoms with Crippen LogP contribution in [0.2, 0.25) is 0 Å². The summed E-state index contributed by atoms with van der Waals surface area (Å²) in [6.07, 6.45) is 3.06. The van der Waals surface area contributed by atoms with E-state index in [1.807, 2.05) is 0 Å². The summed E-state index contributed by atoms with van der Waals surface area (Å²) < 4.78 is 10.9. The number of carbonyl (C=O) groups is 2. The van der Waals surface area contributed by atoms with Crippen molar-refractivity contribution >= 4 is 23.6 Å². The monoisotopic (exact) mass is 317 g/mol. The molecule has 2 heterocycles. The van der Waals surface area contributed by atoms with Gasteiger partial charge in [0.25, 0.3) is 0 Å². The quantitative estimate of drug-likeness (QED) is 0.761. The molecule has 0 spiro atoms. The molecule has 2 fully saturated rings. The zero-order chi connectivity index (χ0) is 15.1. The van der Waals surface area contributed by atoms with Crippen molar-refractivity contribution in [2.24, 2.45) is 0 Å². The molecule has 2 rings (SSSR count). The number of carboxylic acids is 1. The molecule has 0 radical (unpaired) electrons. The average molecular weight is 317 g/mol. The predicted molar refractivity (Wildman–Crippen MR) is 79.5 cm³/mol. The largest absolute Gasteiger partial charge is 0.480 e. The molecule has 2 saturated heterocycles. The molecule has 120 valence electrons. The molecular weight excluding hydrogens is 294 g/mol. The van der Waals surface area contributed by atoms with E-state index in [4.69, 9.17) is 9.47 Å². The van der Waals surface area contributed by atoms with E-state index in [9.17, 15) is 14.7 Å². The zero-order valence-corrected chi connectivity index (χ0v) is 13.0. The van der Waals surface area contributed by atoms with Gasteiger partial charge < -0.3 is 19.9 Å². The highest BCUT2D eigenvalue weighted by molar-refractivity contribution is 7.99. The molecule has 1 amide bonds. The van der Waals surface area contributed by atoms with E-state index in [0.717, 1.165) is 24.3 Å². The first-order chi connectivity index (χ1) is 10.1. The van der Waals surface area contributed by atoms with Gasteiger partial charge in [0.2, 0.25) is 5.91 Å². The third-order valence-electron chi connectivity index (χ3n) is 3.99. The third kappa shape index (κ3) is 4.86. The van der Waals surface area contributed by atoms with Crippen LogP contribution in [0.4, 0.5) is 0 Å². The predicted octanol–water partition coefficient (Wildman–Crippen LogP) is 1.04. The van der Waals surface area contributed by atoms with E-state index in [-0.39, 0.29) is 18.4 Å². The Morgan fingerprint density at radius 2 is 1.95 bits per heavy atom. The highest BCUT2D eigenvalue weighted by atomic mass is 32.2. The Morgan fingerprint density at radius 1 is 1.29 bits per heavy atom. The second-order valence-electron chi connectivity index (χ2n) is 5.48. The van der Waals surface area contributed by atoms with Crippen LogP contribution in [0.1, 0.15) is 32.1 Å². The fraction of sp³-hybridized carbons (Fsp3) is 0.857. The smallest absolute Gasteiger partial charge is 0.329 e. The lowest BCUT2D eigenvalue weighted by Gasteiger charge is -2.33. The molecule has 2 aliphatic heterocycles. The number of thioether (sulfide) groups is 1. The van der Waals surface area contributed by atoms with E-state index in [1.165, 1.54) is 0 Å². The van der Waals surface area contributed by atoms with Crippen LogP contribution in [-0.2, 0) is 19.1 Å². The SMILES string of the molecule is O=C(CCOC1CCOCC1)NC1(C(=O)O)CCSCC1. The van der Waals surface area contributed by atoms with Crippen molar-refractivity contribution in [3.8, 4) is 0 Å². The number of rotatable bonds is 6. The van der Waals surface area contributed by atoms with Crippen LogP contribution in [0.15, 0.2) is 0 Å². The molecule has 0 saturated carbocycles. The van der Waals surface area contributed by atoms with Gasteiger partial charge in [0.05, 0.1) is 12.7 Å². The number of amides is 1. The van der Waals surface area contributed by atoms with Crippen molar-refractivity contribution in [1.82, 2.24) is 5.32 Å². The number of hydrogen-bond acceptors (Lipinski definition) is 5. The van der Waals surface area contributed by atoms with Gasteiger partial charge in [0, 0.05) is 19.6 Å². The lowest BCUT2D eigenvalue weighted by atomic mass is 9.92. The number of nitrogens with one attached hydrogen (secondary N) is 1. The maximum atomic E-state index is 12.0. The maximum Gasteiger partial charge on any atom is 0.329 e. The normalized spacial score (nSPS) is 22.7. The Bertz CT molecular complexity index is 364. The molecule has 7 heteroatoms. The molecule has 0 unspecified atom stereocenters. The van der Waals surface area contributed by atoms with Gasteiger partial charge in [-0.05, 0) is 37.2 Å². The summed E-state index contributed by atoms with van der Waals surface area (Å²) in [4.78, 5) is 23.4. The summed E-state index contributed by atoms with van der Waals surface area (Å²) in [5.41, 5.74) is -1.08. The standard InChI is InChI=1S/C14H23NO5S/c16-12(3-8-20-11-1-6-19-7-2-11)15-14(13(17)18)4-9-21-10-5-14/h11H,1-10H2,(H,15,16)(H,17,18). The van der Waals surface area contributed by atoms with Crippen molar-refractivity contribution in [3.63, 3.8) is 0 Å². The number of carbonyl (C=O) groups excluding carboxylic acids is 1. The third-order valence-corrected chi connectivity index (χ3v) is 4.97. The molecule has 0 bridgehead atoms. The van der Waals surface area contributed by atoms with Crippen molar-refractivity contribution in [1.29, 1.82) is 0 Å². The second kappa shape index (κ2) is 8.00. The molecule has 0 aliphatic carbocycles. The zero-order valence-electron chi connectivity index (χ0n) is 12.1. The first-order valence-corrected chi connectivity index (χ1v) is 8.59. The van der Waals surface area contributed by atoms with Gasteiger partial charge in [-0.25, -0.2) is 4.79 Å². The Hall–Kier alpha value is -0.790.